The molecule has 2 rings (SSSR count). The quantitative estimate of drug-likeness (QED) is 0.484. The summed E-state index contributed by atoms with van der Waals surface area (Å²) in [5, 5.41) is 12.7. The van der Waals surface area contributed by atoms with Crippen molar-refractivity contribution in [2.45, 2.75) is 6.92 Å². The Labute approximate surface area is 116 Å². The zero-order chi connectivity index (χ0) is 14.5. The lowest BCUT2D eigenvalue weighted by atomic mass is 10.1. The molecule has 5 nitrogen and oxygen atoms in total. The molecule has 0 spiro atoms. The fourth-order valence-corrected chi connectivity index (χ4v) is 1.63. The van der Waals surface area contributed by atoms with Gasteiger partial charge in [-0.1, -0.05) is 17.3 Å². The summed E-state index contributed by atoms with van der Waals surface area (Å²) in [5.74, 6) is 0.773. The molecular formula is C15H12N2O3. The minimum atomic E-state index is -0.458. The standard InChI is InChI=1S/C15H12N2O3/c1-10-7-14(17-20-10)15(18)12(9-16)8-11-3-5-13(19-2)6-4-11/h3-8H,1-2H3/b12-8+. The van der Waals surface area contributed by atoms with E-state index in [1.165, 1.54) is 12.1 Å². The minimum Gasteiger partial charge on any atom is -0.497 e. The second kappa shape index (κ2) is 5.85. The SMILES string of the molecule is COc1ccc(/C=C(\C#N)C(=O)c2cc(C)on2)cc1. The normalized spacial score (nSPS) is 10.9. The maximum atomic E-state index is 12.1. The number of carbonyl (C=O) groups excluding carboxylic acids is 1. The van der Waals surface area contributed by atoms with Crippen LogP contribution in [0.5, 0.6) is 5.75 Å². The maximum Gasteiger partial charge on any atom is 0.225 e. The van der Waals surface area contributed by atoms with Crippen LogP contribution >= 0.6 is 0 Å². The van der Waals surface area contributed by atoms with Crippen LogP contribution in [0.1, 0.15) is 21.8 Å². The zero-order valence-electron chi connectivity index (χ0n) is 11.1. The van der Waals surface area contributed by atoms with Gasteiger partial charge in [-0.05, 0) is 30.7 Å². The summed E-state index contributed by atoms with van der Waals surface area (Å²) in [4.78, 5) is 12.1. The molecule has 0 N–H and O–H groups in total. The van der Waals surface area contributed by atoms with Crippen molar-refractivity contribution in [1.82, 2.24) is 5.16 Å². The monoisotopic (exact) mass is 268 g/mol. The maximum absolute atomic E-state index is 12.1. The van der Waals surface area contributed by atoms with Crippen molar-refractivity contribution in [3.05, 3.63) is 52.9 Å². The molecule has 0 unspecified atom stereocenters. The minimum absolute atomic E-state index is 0.00321. The van der Waals surface area contributed by atoms with Gasteiger partial charge in [0.1, 0.15) is 23.2 Å². The Bertz CT molecular complexity index is 691. The second-order valence-corrected chi connectivity index (χ2v) is 4.09. The Morgan fingerprint density at radius 3 is 2.60 bits per heavy atom. The van der Waals surface area contributed by atoms with E-state index < -0.39 is 5.78 Å². The Morgan fingerprint density at radius 2 is 2.10 bits per heavy atom. The molecule has 0 saturated carbocycles. The zero-order valence-corrected chi connectivity index (χ0v) is 11.1. The first-order chi connectivity index (χ1) is 9.63. The Balaban J connectivity index is 2.29. The number of nitrogens with zero attached hydrogens (tertiary/aromatic N) is 2. The highest BCUT2D eigenvalue weighted by Gasteiger charge is 2.16. The highest BCUT2D eigenvalue weighted by atomic mass is 16.5. The van der Waals surface area contributed by atoms with E-state index in [0.29, 0.717) is 11.5 Å². The van der Waals surface area contributed by atoms with Crippen molar-refractivity contribution in [2.75, 3.05) is 7.11 Å². The molecule has 0 radical (unpaired) electrons. The number of ether oxygens (including phenoxy) is 1. The molecule has 2 aromatic rings. The number of aryl methyl sites for hydroxylation is 1. The van der Waals surface area contributed by atoms with Crippen molar-refractivity contribution in [2.24, 2.45) is 0 Å². The largest absolute Gasteiger partial charge is 0.497 e. The van der Waals surface area contributed by atoms with E-state index in [0.717, 1.165) is 5.56 Å². The molecule has 20 heavy (non-hydrogen) atoms. The van der Waals surface area contributed by atoms with Crippen molar-refractivity contribution in [3.8, 4) is 11.8 Å². The van der Waals surface area contributed by atoms with Crippen LogP contribution < -0.4 is 4.74 Å². The number of carbonyl (C=O) groups is 1. The molecule has 0 aliphatic carbocycles. The van der Waals surface area contributed by atoms with Gasteiger partial charge >= 0.3 is 0 Å². The van der Waals surface area contributed by atoms with E-state index in [4.69, 9.17) is 14.5 Å². The highest BCUT2D eigenvalue weighted by molar-refractivity contribution is 6.12. The molecule has 1 aromatic carbocycles. The number of nitriles is 1. The van der Waals surface area contributed by atoms with E-state index in [2.05, 4.69) is 5.16 Å². The molecule has 0 atom stereocenters. The van der Waals surface area contributed by atoms with Crippen LogP contribution in [0.2, 0.25) is 0 Å². The third kappa shape index (κ3) is 2.93. The number of rotatable bonds is 4. The van der Waals surface area contributed by atoms with Crippen molar-refractivity contribution in [1.29, 1.82) is 5.26 Å². The van der Waals surface area contributed by atoms with Gasteiger partial charge in [-0.15, -0.1) is 0 Å². The van der Waals surface area contributed by atoms with Crippen LogP contribution in [0.4, 0.5) is 0 Å². The molecule has 0 amide bonds. The number of ketones is 1. The van der Waals surface area contributed by atoms with Crippen LogP contribution in [0.15, 0.2) is 40.4 Å². The van der Waals surface area contributed by atoms with Gasteiger partial charge in [-0.25, -0.2) is 0 Å². The van der Waals surface area contributed by atoms with Gasteiger partial charge in [0.05, 0.1) is 7.11 Å². The lowest BCUT2D eigenvalue weighted by Gasteiger charge is -2.00. The lowest BCUT2D eigenvalue weighted by Crippen LogP contribution is -2.02. The van der Waals surface area contributed by atoms with E-state index in [1.807, 2.05) is 6.07 Å². The average molecular weight is 268 g/mol. The van der Waals surface area contributed by atoms with Gasteiger partial charge in [-0.3, -0.25) is 4.79 Å². The van der Waals surface area contributed by atoms with Gasteiger partial charge < -0.3 is 9.26 Å². The number of hydrogen-bond donors (Lipinski definition) is 0. The van der Waals surface area contributed by atoms with Gasteiger partial charge in [0.15, 0.2) is 5.69 Å². The Kier molecular flexibility index (Phi) is 3.96. The van der Waals surface area contributed by atoms with Crippen molar-refractivity contribution in [3.63, 3.8) is 0 Å². The smallest absolute Gasteiger partial charge is 0.225 e. The molecule has 100 valence electrons. The molecule has 5 heteroatoms. The van der Waals surface area contributed by atoms with Gasteiger partial charge in [0.25, 0.3) is 0 Å². The first-order valence-electron chi connectivity index (χ1n) is 5.88. The summed E-state index contributed by atoms with van der Waals surface area (Å²) in [6.07, 6.45) is 1.51. The third-order valence-electron chi connectivity index (χ3n) is 2.65. The number of aromatic nitrogens is 1. The molecule has 0 bridgehead atoms. The third-order valence-corrected chi connectivity index (χ3v) is 2.65. The summed E-state index contributed by atoms with van der Waals surface area (Å²) < 4.78 is 9.88. The van der Waals surface area contributed by atoms with Crippen molar-refractivity contribution >= 4 is 11.9 Å². The number of Topliss-reactive ketones (excluding diaryl/α,β-unsaturated/α-hetero) is 1. The molecule has 0 fully saturated rings. The molecular weight excluding hydrogens is 256 g/mol. The molecule has 0 aliphatic heterocycles. The van der Waals surface area contributed by atoms with Gasteiger partial charge in [-0.2, -0.15) is 5.26 Å². The first kappa shape index (κ1) is 13.6. The second-order valence-electron chi connectivity index (χ2n) is 4.09. The summed E-state index contributed by atoms with van der Waals surface area (Å²) >= 11 is 0. The molecule has 0 saturated heterocycles. The lowest BCUT2D eigenvalue weighted by molar-refractivity contribution is 0.103. The highest BCUT2D eigenvalue weighted by Crippen LogP contribution is 2.16. The fraction of sp³-hybridized carbons (Fsp3) is 0.133. The van der Waals surface area contributed by atoms with E-state index in [1.54, 1.807) is 38.3 Å². The number of allylic oxidation sites excluding steroid dienone is 1. The van der Waals surface area contributed by atoms with E-state index in [9.17, 15) is 4.79 Å². The van der Waals surface area contributed by atoms with Gasteiger partial charge in [0, 0.05) is 6.07 Å². The number of benzene rings is 1. The Morgan fingerprint density at radius 1 is 1.40 bits per heavy atom. The number of hydrogen-bond acceptors (Lipinski definition) is 5. The van der Waals surface area contributed by atoms with Crippen LogP contribution in [0.25, 0.3) is 6.08 Å². The average Bonchev–Trinajstić information content (AvgIpc) is 2.91. The summed E-state index contributed by atoms with van der Waals surface area (Å²) in [5.41, 5.74) is 0.864. The topological polar surface area (TPSA) is 76.1 Å². The van der Waals surface area contributed by atoms with Crippen LogP contribution in [0, 0.1) is 18.3 Å². The molecule has 1 heterocycles. The Hall–Kier alpha value is -2.87. The summed E-state index contributed by atoms with van der Waals surface area (Å²) in [7, 11) is 1.57. The summed E-state index contributed by atoms with van der Waals surface area (Å²) in [6, 6.07) is 10.4. The predicted octanol–water partition coefficient (Wildman–Crippen LogP) is 2.78. The molecule has 0 aliphatic rings. The van der Waals surface area contributed by atoms with Crippen molar-refractivity contribution < 1.29 is 14.1 Å². The number of methoxy groups -OCH3 is 1. The van der Waals surface area contributed by atoms with Crippen LogP contribution in [-0.4, -0.2) is 18.0 Å². The van der Waals surface area contributed by atoms with Crippen LogP contribution in [0.3, 0.4) is 0 Å². The fourth-order valence-electron chi connectivity index (χ4n) is 1.63. The predicted molar refractivity (Wildman–Crippen MR) is 72.2 cm³/mol. The summed E-state index contributed by atoms with van der Waals surface area (Å²) in [6.45, 7) is 1.68. The van der Waals surface area contributed by atoms with E-state index in [-0.39, 0.29) is 11.3 Å². The van der Waals surface area contributed by atoms with E-state index >= 15 is 0 Å². The molecule has 1 aromatic heterocycles. The first-order valence-corrected chi connectivity index (χ1v) is 5.88. The van der Waals surface area contributed by atoms with Crippen LogP contribution in [-0.2, 0) is 0 Å². The van der Waals surface area contributed by atoms with Gasteiger partial charge in [0.2, 0.25) is 5.78 Å².